The molecule has 0 saturated heterocycles. The third kappa shape index (κ3) is 3.55. The van der Waals surface area contributed by atoms with E-state index < -0.39 is 34.1 Å². The SMILES string of the molecule is CC(=O)Nc1ccc(C(=O)c2c(O)n(C(C)=O)c3cc(Cl)ccc23)cc1[N+](=O)[O-]. The number of aromatic nitrogens is 1. The van der Waals surface area contributed by atoms with Crippen LogP contribution in [0, 0.1) is 10.1 Å². The molecule has 29 heavy (non-hydrogen) atoms. The number of nitrogens with zero attached hydrogens (tertiary/aromatic N) is 2. The van der Waals surface area contributed by atoms with Crippen molar-refractivity contribution in [1.29, 1.82) is 0 Å². The summed E-state index contributed by atoms with van der Waals surface area (Å²) in [6, 6.07) is 7.91. The lowest BCUT2D eigenvalue weighted by molar-refractivity contribution is -0.383. The normalized spacial score (nSPS) is 10.7. The Hall–Kier alpha value is -3.72. The highest BCUT2D eigenvalue weighted by atomic mass is 35.5. The molecule has 3 aromatic rings. The van der Waals surface area contributed by atoms with Crippen LogP contribution in [0.25, 0.3) is 10.9 Å². The van der Waals surface area contributed by atoms with E-state index in [2.05, 4.69) is 5.32 Å². The number of nitro groups is 1. The average Bonchev–Trinajstić information content (AvgIpc) is 2.91. The first-order valence-electron chi connectivity index (χ1n) is 8.26. The highest BCUT2D eigenvalue weighted by Crippen LogP contribution is 2.36. The van der Waals surface area contributed by atoms with E-state index in [1.165, 1.54) is 44.2 Å². The monoisotopic (exact) mass is 415 g/mol. The van der Waals surface area contributed by atoms with Crippen LogP contribution in [-0.4, -0.2) is 32.2 Å². The van der Waals surface area contributed by atoms with Gasteiger partial charge >= 0.3 is 0 Å². The van der Waals surface area contributed by atoms with Crippen LogP contribution in [0.5, 0.6) is 5.88 Å². The molecular formula is C19H14ClN3O6. The number of halogens is 1. The first-order valence-corrected chi connectivity index (χ1v) is 8.64. The summed E-state index contributed by atoms with van der Waals surface area (Å²) in [7, 11) is 0. The number of hydrogen-bond acceptors (Lipinski definition) is 6. The van der Waals surface area contributed by atoms with Gasteiger partial charge in [0.15, 0.2) is 5.78 Å². The van der Waals surface area contributed by atoms with Gasteiger partial charge in [-0.05, 0) is 24.3 Å². The fourth-order valence-electron chi connectivity index (χ4n) is 3.05. The largest absolute Gasteiger partial charge is 0.494 e. The standard InChI is InChI=1S/C19H14ClN3O6/c1-9(24)21-14-6-3-11(7-16(14)23(28)29)18(26)17-13-5-4-12(20)8-15(13)22(10(2)25)19(17)27/h3-8,27H,1-2H3,(H,21,24). The van der Waals surface area contributed by atoms with Crippen molar-refractivity contribution in [2.24, 2.45) is 0 Å². The summed E-state index contributed by atoms with van der Waals surface area (Å²) in [5.41, 5.74) is -0.604. The Labute approximate surface area is 168 Å². The average molecular weight is 416 g/mol. The van der Waals surface area contributed by atoms with Crippen LogP contribution < -0.4 is 5.32 Å². The zero-order chi connectivity index (χ0) is 21.5. The van der Waals surface area contributed by atoms with E-state index in [-0.39, 0.29) is 27.7 Å². The van der Waals surface area contributed by atoms with E-state index in [1.54, 1.807) is 0 Å². The molecule has 0 saturated carbocycles. The summed E-state index contributed by atoms with van der Waals surface area (Å²) in [6.07, 6.45) is 0. The number of carbonyl (C=O) groups excluding carboxylic acids is 3. The molecular weight excluding hydrogens is 402 g/mol. The van der Waals surface area contributed by atoms with Crippen molar-refractivity contribution in [1.82, 2.24) is 4.57 Å². The minimum absolute atomic E-state index is 0.0683. The summed E-state index contributed by atoms with van der Waals surface area (Å²) in [4.78, 5) is 46.9. The number of fused-ring (bicyclic) bond motifs is 1. The fourth-order valence-corrected chi connectivity index (χ4v) is 3.22. The van der Waals surface area contributed by atoms with E-state index in [0.29, 0.717) is 5.02 Å². The maximum Gasteiger partial charge on any atom is 0.293 e. The lowest BCUT2D eigenvalue weighted by Gasteiger charge is -2.06. The second-order valence-corrected chi connectivity index (χ2v) is 6.65. The van der Waals surface area contributed by atoms with E-state index in [9.17, 15) is 29.6 Å². The van der Waals surface area contributed by atoms with Gasteiger partial charge in [0.1, 0.15) is 5.69 Å². The molecule has 2 aromatic carbocycles. The van der Waals surface area contributed by atoms with Crippen molar-refractivity contribution in [2.45, 2.75) is 13.8 Å². The van der Waals surface area contributed by atoms with Gasteiger partial charge in [-0.25, -0.2) is 4.57 Å². The van der Waals surface area contributed by atoms with Gasteiger partial charge in [0.25, 0.3) is 5.69 Å². The molecule has 0 unspecified atom stereocenters. The van der Waals surface area contributed by atoms with Crippen molar-refractivity contribution >= 4 is 51.5 Å². The van der Waals surface area contributed by atoms with Gasteiger partial charge in [-0.15, -0.1) is 0 Å². The molecule has 0 radical (unpaired) electrons. The predicted molar refractivity (Wildman–Crippen MR) is 106 cm³/mol. The Kier molecular flexibility index (Phi) is 5.08. The molecule has 1 amide bonds. The number of nitro benzene ring substituents is 1. The third-order valence-corrected chi connectivity index (χ3v) is 4.45. The maximum absolute atomic E-state index is 13.1. The van der Waals surface area contributed by atoms with Crippen molar-refractivity contribution in [2.75, 3.05) is 5.32 Å². The molecule has 148 valence electrons. The van der Waals surface area contributed by atoms with Crippen molar-refractivity contribution in [3.63, 3.8) is 0 Å². The Morgan fingerprint density at radius 1 is 1.14 bits per heavy atom. The minimum atomic E-state index is -0.736. The highest BCUT2D eigenvalue weighted by molar-refractivity contribution is 6.31. The van der Waals surface area contributed by atoms with E-state index >= 15 is 0 Å². The van der Waals surface area contributed by atoms with Gasteiger partial charge in [-0.1, -0.05) is 17.7 Å². The van der Waals surface area contributed by atoms with Crippen LogP contribution in [0.4, 0.5) is 11.4 Å². The van der Waals surface area contributed by atoms with Crippen LogP contribution in [-0.2, 0) is 4.79 Å². The first kappa shape index (κ1) is 20.0. The highest BCUT2D eigenvalue weighted by Gasteiger charge is 2.27. The number of rotatable bonds is 4. The van der Waals surface area contributed by atoms with Gasteiger partial charge < -0.3 is 10.4 Å². The van der Waals surface area contributed by atoms with Gasteiger partial charge in [0.05, 0.1) is 16.0 Å². The molecule has 1 aromatic heterocycles. The molecule has 0 atom stereocenters. The molecule has 9 nitrogen and oxygen atoms in total. The number of hydrogen-bond donors (Lipinski definition) is 2. The molecule has 0 bridgehead atoms. The number of anilines is 1. The summed E-state index contributed by atoms with van der Waals surface area (Å²) in [6.45, 7) is 2.41. The van der Waals surface area contributed by atoms with Crippen molar-refractivity contribution in [3.8, 4) is 5.88 Å². The summed E-state index contributed by atoms with van der Waals surface area (Å²) < 4.78 is 0.939. The van der Waals surface area contributed by atoms with Crippen LogP contribution in [0.1, 0.15) is 34.6 Å². The molecule has 0 aliphatic rings. The lowest BCUT2D eigenvalue weighted by Crippen LogP contribution is -2.10. The van der Waals surface area contributed by atoms with Crippen molar-refractivity contribution < 1.29 is 24.4 Å². The van der Waals surface area contributed by atoms with Crippen LogP contribution in [0.2, 0.25) is 5.02 Å². The minimum Gasteiger partial charge on any atom is -0.494 e. The molecule has 10 heteroatoms. The summed E-state index contributed by atoms with van der Waals surface area (Å²) in [5, 5.41) is 24.8. The summed E-state index contributed by atoms with van der Waals surface area (Å²) >= 11 is 5.97. The first-order chi connectivity index (χ1) is 13.6. The number of benzene rings is 2. The Morgan fingerprint density at radius 3 is 2.41 bits per heavy atom. The lowest BCUT2D eigenvalue weighted by atomic mass is 10.0. The van der Waals surface area contributed by atoms with Crippen LogP contribution >= 0.6 is 11.6 Å². The van der Waals surface area contributed by atoms with E-state index in [4.69, 9.17) is 11.6 Å². The van der Waals surface area contributed by atoms with E-state index in [0.717, 1.165) is 10.6 Å². The molecule has 0 aliphatic heterocycles. The predicted octanol–water partition coefficient (Wildman–Crippen LogP) is 3.76. The number of carbonyl (C=O) groups is 3. The molecule has 0 fully saturated rings. The second kappa shape index (κ2) is 7.36. The van der Waals surface area contributed by atoms with Gasteiger partial charge in [-0.2, -0.15) is 0 Å². The Bertz CT molecular complexity index is 1210. The Balaban J connectivity index is 2.21. The van der Waals surface area contributed by atoms with E-state index in [1.807, 2.05) is 0 Å². The van der Waals surface area contributed by atoms with Gasteiger partial charge in [-0.3, -0.25) is 24.5 Å². The third-order valence-electron chi connectivity index (χ3n) is 4.21. The molecule has 1 heterocycles. The number of ketones is 1. The second-order valence-electron chi connectivity index (χ2n) is 6.21. The zero-order valence-corrected chi connectivity index (χ0v) is 16.0. The number of aromatic hydroxyl groups is 1. The topological polar surface area (TPSA) is 132 Å². The number of amides is 1. The van der Waals surface area contributed by atoms with Crippen LogP contribution in [0.15, 0.2) is 36.4 Å². The van der Waals surface area contributed by atoms with Crippen molar-refractivity contribution in [3.05, 3.63) is 62.7 Å². The fraction of sp³-hybridized carbons (Fsp3) is 0.105. The maximum atomic E-state index is 13.1. The quantitative estimate of drug-likeness (QED) is 0.379. The van der Waals surface area contributed by atoms with Gasteiger partial charge in [0, 0.05) is 35.9 Å². The molecule has 2 N–H and O–H groups in total. The molecule has 3 rings (SSSR count). The van der Waals surface area contributed by atoms with Crippen LogP contribution in [0.3, 0.4) is 0 Å². The smallest absolute Gasteiger partial charge is 0.293 e. The summed E-state index contributed by atoms with van der Waals surface area (Å²) in [5.74, 6) is -2.37. The number of nitrogens with one attached hydrogen (secondary N) is 1. The molecule has 0 spiro atoms. The Morgan fingerprint density at radius 2 is 1.83 bits per heavy atom. The molecule has 0 aliphatic carbocycles. The van der Waals surface area contributed by atoms with Gasteiger partial charge in [0.2, 0.25) is 17.7 Å². The zero-order valence-electron chi connectivity index (χ0n) is 15.2.